The summed E-state index contributed by atoms with van der Waals surface area (Å²) >= 11 is 5.93. The van der Waals surface area contributed by atoms with E-state index in [0.717, 1.165) is 5.56 Å². The zero-order valence-electron chi connectivity index (χ0n) is 12.7. The molecule has 23 heavy (non-hydrogen) atoms. The highest BCUT2D eigenvalue weighted by Crippen LogP contribution is 2.17. The lowest BCUT2D eigenvalue weighted by molar-refractivity contribution is -0.120. The van der Waals surface area contributed by atoms with E-state index in [2.05, 4.69) is 16.0 Å². The summed E-state index contributed by atoms with van der Waals surface area (Å²) < 4.78 is 0. The first-order chi connectivity index (χ1) is 11.0. The summed E-state index contributed by atoms with van der Waals surface area (Å²) in [6, 6.07) is 15.7. The summed E-state index contributed by atoms with van der Waals surface area (Å²) in [4.78, 5) is 23.6. The molecule has 1 unspecified atom stereocenters. The minimum absolute atomic E-state index is 0.108. The quantitative estimate of drug-likeness (QED) is 0.786. The van der Waals surface area contributed by atoms with E-state index in [-0.39, 0.29) is 18.5 Å². The summed E-state index contributed by atoms with van der Waals surface area (Å²) in [5, 5.41) is 8.57. The SMILES string of the molecule is CC(NC(=O)CNC(=O)Nc1ccccc1)c1cccc(Cl)c1. The van der Waals surface area contributed by atoms with E-state index in [1.165, 1.54) is 0 Å². The van der Waals surface area contributed by atoms with Crippen molar-refractivity contribution in [2.24, 2.45) is 0 Å². The van der Waals surface area contributed by atoms with Gasteiger partial charge in [0.05, 0.1) is 12.6 Å². The predicted octanol–water partition coefficient (Wildman–Crippen LogP) is 3.34. The van der Waals surface area contributed by atoms with Crippen molar-refractivity contribution in [3.05, 3.63) is 65.2 Å². The first-order valence-corrected chi connectivity index (χ1v) is 7.57. The fourth-order valence-electron chi connectivity index (χ4n) is 2.01. The van der Waals surface area contributed by atoms with Gasteiger partial charge in [0.1, 0.15) is 0 Å². The fourth-order valence-corrected chi connectivity index (χ4v) is 2.21. The normalized spacial score (nSPS) is 11.4. The second-order valence-electron chi connectivity index (χ2n) is 5.02. The van der Waals surface area contributed by atoms with Crippen LogP contribution in [0.25, 0.3) is 0 Å². The summed E-state index contributed by atoms with van der Waals surface area (Å²) in [5.41, 5.74) is 1.57. The molecule has 2 aromatic rings. The second kappa shape index (κ2) is 8.19. The van der Waals surface area contributed by atoms with Gasteiger partial charge in [0, 0.05) is 10.7 Å². The molecule has 0 bridgehead atoms. The van der Waals surface area contributed by atoms with E-state index in [1.807, 2.05) is 37.3 Å². The number of halogens is 1. The third-order valence-corrected chi connectivity index (χ3v) is 3.40. The first kappa shape index (κ1) is 16.8. The highest BCUT2D eigenvalue weighted by Gasteiger charge is 2.11. The summed E-state index contributed by atoms with van der Waals surface area (Å²) in [6.07, 6.45) is 0. The van der Waals surface area contributed by atoms with Gasteiger partial charge >= 0.3 is 6.03 Å². The zero-order chi connectivity index (χ0) is 16.7. The lowest BCUT2D eigenvalue weighted by Crippen LogP contribution is -2.39. The number of urea groups is 1. The maximum atomic E-state index is 11.9. The van der Waals surface area contributed by atoms with E-state index in [1.54, 1.807) is 24.3 Å². The van der Waals surface area contributed by atoms with E-state index in [9.17, 15) is 9.59 Å². The Morgan fingerprint density at radius 2 is 1.83 bits per heavy atom. The molecule has 1 atom stereocenters. The van der Waals surface area contributed by atoms with Crippen LogP contribution in [0.4, 0.5) is 10.5 Å². The average molecular weight is 332 g/mol. The average Bonchev–Trinajstić information content (AvgIpc) is 2.54. The number of hydrogen-bond donors (Lipinski definition) is 3. The van der Waals surface area contributed by atoms with Crippen molar-refractivity contribution in [2.45, 2.75) is 13.0 Å². The molecule has 0 aliphatic carbocycles. The Morgan fingerprint density at radius 3 is 2.52 bits per heavy atom. The van der Waals surface area contributed by atoms with Crippen LogP contribution in [-0.4, -0.2) is 18.5 Å². The lowest BCUT2D eigenvalue weighted by Gasteiger charge is -2.15. The minimum atomic E-state index is -0.429. The Hall–Kier alpha value is -2.53. The standard InChI is InChI=1S/C17H18ClN3O2/c1-12(13-6-5-7-14(18)10-13)20-16(22)11-19-17(23)21-15-8-3-2-4-9-15/h2-10,12H,11H2,1H3,(H,20,22)(H2,19,21,23). The van der Waals surface area contributed by atoms with E-state index < -0.39 is 6.03 Å². The fraction of sp³-hybridized carbons (Fsp3) is 0.176. The molecule has 3 amide bonds. The van der Waals surface area contributed by atoms with Crippen LogP contribution in [0.5, 0.6) is 0 Å². The van der Waals surface area contributed by atoms with Crippen LogP contribution in [0.3, 0.4) is 0 Å². The smallest absolute Gasteiger partial charge is 0.319 e. The van der Waals surface area contributed by atoms with Crippen LogP contribution in [-0.2, 0) is 4.79 Å². The highest BCUT2D eigenvalue weighted by molar-refractivity contribution is 6.30. The molecule has 0 fully saturated rings. The second-order valence-corrected chi connectivity index (χ2v) is 5.45. The molecule has 3 N–H and O–H groups in total. The Balaban J connectivity index is 1.77. The molecular weight excluding hydrogens is 314 g/mol. The molecule has 2 rings (SSSR count). The third kappa shape index (κ3) is 5.64. The molecule has 0 aromatic heterocycles. The highest BCUT2D eigenvalue weighted by atomic mass is 35.5. The van der Waals surface area contributed by atoms with Gasteiger partial charge in [-0.15, -0.1) is 0 Å². The van der Waals surface area contributed by atoms with E-state index >= 15 is 0 Å². The van der Waals surface area contributed by atoms with Crippen molar-refractivity contribution in [3.8, 4) is 0 Å². The molecule has 6 heteroatoms. The third-order valence-electron chi connectivity index (χ3n) is 3.17. The van der Waals surface area contributed by atoms with Gasteiger partial charge in [-0.2, -0.15) is 0 Å². The monoisotopic (exact) mass is 331 g/mol. The molecule has 120 valence electrons. The van der Waals surface area contributed by atoms with Gasteiger partial charge in [-0.05, 0) is 36.8 Å². The summed E-state index contributed by atoms with van der Waals surface area (Å²) in [5.74, 6) is -0.277. The zero-order valence-corrected chi connectivity index (χ0v) is 13.4. The van der Waals surface area contributed by atoms with Crippen LogP contribution in [0.1, 0.15) is 18.5 Å². The summed E-state index contributed by atoms with van der Waals surface area (Å²) in [7, 11) is 0. The molecule has 0 saturated carbocycles. The van der Waals surface area contributed by atoms with Gasteiger partial charge in [0.2, 0.25) is 5.91 Å². The number of carbonyl (C=O) groups excluding carboxylic acids is 2. The molecule has 0 radical (unpaired) electrons. The van der Waals surface area contributed by atoms with Gasteiger partial charge in [0.15, 0.2) is 0 Å². The van der Waals surface area contributed by atoms with Crippen molar-refractivity contribution in [1.82, 2.24) is 10.6 Å². The van der Waals surface area contributed by atoms with Gasteiger partial charge in [0.25, 0.3) is 0 Å². The molecule has 2 aromatic carbocycles. The van der Waals surface area contributed by atoms with E-state index in [4.69, 9.17) is 11.6 Å². The number of nitrogens with one attached hydrogen (secondary N) is 3. The van der Waals surface area contributed by atoms with Crippen molar-refractivity contribution in [3.63, 3.8) is 0 Å². The first-order valence-electron chi connectivity index (χ1n) is 7.19. The molecule has 0 aliphatic heterocycles. The van der Waals surface area contributed by atoms with Crippen molar-refractivity contribution >= 4 is 29.2 Å². The Kier molecular flexibility index (Phi) is 6.00. The topological polar surface area (TPSA) is 70.2 Å². The number of amides is 3. The maximum absolute atomic E-state index is 11.9. The number of para-hydroxylation sites is 1. The van der Waals surface area contributed by atoms with Gasteiger partial charge < -0.3 is 16.0 Å². The number of benzene rings is 2. The number of hydrogen-bond acceptors (Lipinski definition) is 2. The van der Waals surface area contributed by atoms with E-state index in [0.29, 0.717) is 10.7 Å². The van der Waals surface area contributed by atoms with Crippen molar-refractivity contribution < 1.29 is 9.59 Å². The lowest BCUT2D eigenvalue weighted by atomic mass is 10.1. The molecule has 0 spiro atoms. The predicted molar refractivity (Wildman–Crippen MR) is 91.5 cm³/mol. The van der Waals surface area contributed by atoms with Crippen LogP contribution in [0, 0.1) is 0 Å². The van der Waals surface area contributed by atoms with Crippen LogP contribution < -0.4 is 16.0 Å². The number of carbonyl (C=O) groups is 2. The summed E-state index contributed by atoms with van der Waals surface area (Å²) in [6.45, 7) is 1.75. The van der Waals surface area contributed by atoms with Crippen molar-refractivity contribution in [1.29, 1.82) is 0 Å². The molecule has 0 saturated heterocycles. The molecular formula is C17H18ClN3O2. The minimum Gasteiger partial charge on any atom is -0.348 e. The maximum Gasteiger partial charge on any atom is 0.319 e. The van der Waals surface area contributed by atoms with Crippen LogP contribution in [0.15, 0.2) is 54.6 Å². The molecule has 0 aliphatic rings. The number of anilines is 1. The Morgan fingerprint density at radius 1 is 1.09 bits per heavy atom. The largest absolute Gasteiger partial charge is 0.348 e. The molecule has 0 heterocycles. The van der Waals surface area contributed by atoms with Crippen molar-refractivity contribution in [2.75, 3.05) is 11.9 Å². The van der Waals surface area contributed by atoms with Gasteiger partial charge in [-0.25, -0.2) is 4.79 Å². The Labute approximate surface area is 140 Å². The Bertz CT molecular complexity index is 677. The van der Waals surface area contributed by atoms with Gasteiger partial charge in [-0.3, -0.25) is 4.79 Å². The van der Waals surface area contributed by atoms with Gasteiger partial charge in [-0.1, -0.05) is 41.9 Å². The molecule has 5 nitrogen and oxygen atoms in total. The number of rotatable bonds is 5. The van der Waals surface area contributed by atoms with Crippen LogP contribution >= 0.6 is 11.6 Å². The van der Waals surface area contributed by atoms with Crippen LogP contribution in [0.2, 0.25) is 5.02 Å².